The van der Waals surface area contributed by atoms with Crippen LogP contribution in [0, 0.1) is 5.92 Å². The van der Waals surface area contributed by atoms with Gasteiger partial charge in [-0.3, -0.25) is 14.5 Å². The third-order valence-corrected chi connectivity index (χ3v) is 6.12. The summed E-state index contributed by atoms with van der Waals surface area (Å²) in [6, 6.07) is 0. The monoisotopic (exact) mass is 393 g/mol. The average molecular weight is 394 g/mol. The van der Waals surface area contributed by atoms with Gasteiger partial charge in [0, 0.05) is 24.8 Å². The van der Waals surface area contributed by atoms with Crippen LogP contribution < -0.4 is 10.2 Å². The topological polar surface area (TPSA) is 88.1 Å². The summed E-state index contributed by atoms with van der Waals surface area (Å²) < 4.78 is 0. The fourth-order valence-electron chi connectivity index (χ4n) is 2.82. The molecule has 3 heterocycles. The Kier molecular flexibility index (Phi) is 6.31. The number of nitrogens with zero attached hydrogens (tertiary/aromatic N) is 4. The molecule has 140 valence electrons. The largest absolute Gasteiger partial charge is 0.350 e. The molecule has 0 bridgehead atoms. The lowest BCUT2D eigenvalue weighted by molar-refractivity contribution is -0.126. The quantitative estimate of drug-likeness (QED) is 0.745. The normalized spacial score (nSPS) is 17.1. The molecule has 0 spiro atoms. The van der Waals surface area contributed by atoms with Gasteiger partial charge in [0.2, 0.25) is 16.9 Å². The van der Waals surface area contributed by atoms with Gasteiger partial charge in [0.15, 0.2) is 0 Å². The molecule has 2 aromatic rings. The van der Waals surface area contributed by atoms with Crippen LogP contribution in [-0.2, 0) is 29.0 Å². The van der Waals surface area contributed by atoms with Gasteiger partial charge in [-0.2, -0.15) is 0 Å². The summed E-state index contributed by atoms with van der Waals surface area (Å²) in [5.74, 6) is -0.526. The lowest BCUT2D eigenvalue weighted by atomic mass is 10.1. The first-order chi connectivity index (χ1) is 12.6. The minimum Gasteiger partial charge on any atom is -0.350 e. The number of carbonyl (C=O) groups is 2. The molecule has 0 aliphatic carbocycles. The van der Waals surface area contributed by atoms with E-state index in [1.165, 1.54) is 11.3 Å². The maximum absolute atomic E-state index is 12.4. The number of hydrogen-bond acceptors (Lipinski definition) is 7. The van der Waals surface area contributed by atoms with Crippen LogP contribution >= 0.6 is 22.7 Å². The van der Waals surface area contributed by atoms with Crippen molar-refractivity contribution in [3.8, 4) is 0 Å². The van der Waals surface area contributed by atoms with Crippen molar-refractivity contribution in [3.63, 3.8) is 0 Å². The molecule has 0 saturated carbocycles. The van der Waals surface area contributed by atoms with E-state index in [4.69, 9.17) is 0 Å². The van der Waals surface area contributed by atoms with Crippen molar-refractivity contribution in [1.82, 2.24) is 20.5 Å². The zero-order chi connectivity index (χ0) is 18.5. The summed E-state index contributed by atoms with van der Waals surface area (Å²) >= 11 is 3.06. The van der Waals surface area contributed by atoms with Crippen molar-refractivity contribution in [1.29, 1.82) is 0 Å². The van der Waals surface area contributed by atoms with Gasteiger partial charge in [-0.15, -0.1) is 21.5 Å². The predicted molar refractivity (Wildman–Crippen MR) is 102 cm³/mol. The molecule has 0 radical (unpaired) electrons. The van der Waals surface area contributed by atoms with Crippen molar-refractivity contribution in [3.05, 3.63) is 21.1 Å². The average Bonchev–Trinajstić information content (AvgIpc) is 3.33. The molecule has 2 amide bonds. The van der Waals surface area contributed by atoms with E-state index >= 15 is 0 Å². The molecule has 3 rings (SSSR count). The number of anilines is 1. The summed E-state index contributed by atoms with van der Waals surface area (Å²) in [7, 11) is 0. The van der Waals surface area contributed by atoms with Crippen LogP contribution in [0.4, 0.5) is 5.13 Å². The maximum Gasteiger partial charge on any atom is 0.229 e. The minimum atomic E-state index is -0.352. The Morgan fingerprint density at radius 2 is 2.04 bits per heavy atom. The molecule has 26 heavy (non-hydrogen) atoms. The van der Waals surface area contributed by atoms with E-state index in [2.05, 4.69) is 34.3 Å². The number of hydrogen-bond donors (Lipinski definition) is 1. The SMILES string of the molecule is CCCc1nc(CNC(=O)C2CC(=O)N(c3nnc(CCC)s3)C2)cs1. The van der Waals surface area contributed by atoms with Gasteiger partial charge in [0.05, 0.1) is 23.2 Å². The van der Waals surface area contributed by atoms with Gasteiger partial charge in [-0.1, -0.05) is 25.2 Å². The van der Waals surface area contributed by atoms with Gasteiger partial charge < -0.3 is 5.32 Å². The number of rotatable bonds is 8. The van der Waals surface area contributed by atoms with Crippen molar-refractivity contribution >= 4 is 39.6 Å². The highest BCUT2D eigenvalue weighted by Gasteiger charge is 2.36. The minimum absolute atomic E-state index is 0.0664. The molecule has 0 aromatic carbocycles. The molecule has 1 saturated heterocycles. The number of nitrogens with one attached hydrogen (secondary N) is 1. The second-order valence-electron chi connectivity index (χ2n) is 6.33. The third kappa shape index (κ3) is 4.45. The summed E-state index contributed by atoms with van der Waals surface area (Å²) in [6.07, 6.45) is 4.09. The summed E-state index contributed by atoms with van der Waals surface area (Å²) in [6.45, 7) is 4.97. The molecular weight excluding hydrogens is 370 g/mol. The van der Waals surface area contributed by atoms with Crippen LogP contribution in [0.1, 0.15) is 48.8 Å². The highest BCUT2D eigenvalue weighted by molar-refractivity contribution is 7.15. The molecule has 1 atom stereocenters. The lowest BCUT2D eigenvalue weighted by Crippen LogP contribution is -2.32. The van der Waals surface area contributed by atoms with Crippen LogP contribution in [0.3, 0.4) is 0 Å². The Balaban J connectivity index is 1.54. The van der Waals surface area contributed by atoms with E-state index < -0.39 is 0 Å². The highest BCUT2D eigenvalue weighted by Crippen LogP contribution is 2.28. The zero-order valence-corrected chi connectivity index (χ0v) is 16.7. The van der Waals surface area contributed by atoms with Gasteiger partial charge in [-0.05, 0) is 19.3 Å². The number of amides is 2. The van der Waals surface area contributed by atoms with Crippen LogP contribution in [0.2, 0.25) is 0 Å². The Hall–Kier alpha value is -1.87. The second kappa shape index (κ2) is 8.68. The molecule has 1 N–H and O–H groups in total. The van der Waals surface area contributed by atoms with Crippen molar-refractivity contribution in [2.24, 2.45) is 5.92 Å². The molecule has 1 aliphatic rings. The summed E-state index contributed by atoms with van der Waals surface area (Å²) in [4.78, 5) is 30.8. The van der Waals surface area contributed by atoms with E-state index in [1.807, 2.05) is 5.38 Å². The highest BCUT2D eigenvalue weighted by atomic mass is 32.1. The molecule has 1 aliphatic heterocycles. The Morgan fingerprint density at radius 3 is 2.81 bits per heavy atom. The van der Waals surface area contributed by atoms with Crippen LogP contribution in [-0.4, -0.2) is 33.5 Å². The van der Waals surface area contributed by atoms with Crippen LogP contribution in [0.15, 0.2) is 5.38 Å². The van der Waals surface area contributed by atoms with Gasteiger partial charge >= 0.3 is 0 Å². The number of aryl methyl sites for hydroxylation is 2. The molecule has 9 heteroatoms. The second-order valence-corrected chi connectivity index (χ2v) is 8.32. The van der Waals surface area contributed by atoms with Crippen LogP contribution in [0.5, 0.6) is 0 Å². The van der Waals surface area contributed by atoms with Crippen molar-refractivity contribution in [2.45, 2.75) is 52.5 Å². The number of thiazole rings is 1. The first kappa shape index (κ1) is 18.9. The lowest BCUT2D eigenvalue weighted by Gasteiger charge is -2.12. The van der Waals surface area contributed by atoms with Crippen LogP contribution in [0.25, 0.3) is 0 Å². The fourth-order valence-corrected chi connectivity index (χ4v) is 4.68. The summed E-state index contributed by atoms with van der Waals surface area (Å²) in [5.41, 5.74) is 0.876. The molecule has 1 fully saturated rings. The predicted octanol–water partition coefficient (Wildman–Crippen LogP) is 2.57. The van der Waals surface area contributed by atoms with E-state index in [0.717, 1.165) is 41.4 Å². The smallest absolute Gasteiger partial charge is 0.229 e. The first-order valence-electron chi connectivity index (χ1n) is 8.94. The van der Waals surface area contributed by atoms with Crippen molar-refractivity contribution in [2.75, 3.05) is 11.4 Å². The van der Waals surface area contributed by atoms with Gasteiger partial charge in [-0.25, -0.2) is 4.98 Å². The van der Waals surface area contributed by atoms with Gasteiger partial charge in [0.1, 0.15) is 5.01 Å². The van der Waals surface area contributed by atoms with Crippen molar-refractivity contribution < 1.29 is 9.59 Å². The molecule has 7 nitrogen and oxygen atoms in total. The number of carbonyl (C=O) groups excluding carboxylic acids is 2. The van der Waals surface area contributed by atoms with E-state index in [-0.39, 0.29) is 24.2 Å². The van der Waals surface area contributed by atoms with E-state index in [9.17, 15) is 9.59 Å². The Labute approximate surface area is 160 Å². The zero-order valence-electron chi connectivity index (χ0n) is 15.0. The summed E-state index contributed by atoms with van der Waals surface area (Å²) in [5, 5.41) is 15.7. The third-order valence-electron chi connectivity index (χ3n) is 4.15. The molecular formula is C17H23N5O2S2. The Bertz CT molecular complexity index is 773. The maximum atomic E-state index is 12.4. The standard InChI is InChI=1S/C17H23N5O2S2/c1-3-5-13-19-12(10-25-13)8-18-16(24)11-7-15(23)22(9-11)17-21-20-14(26-17)6-4-2/h10-11H,3-9H2,1-2H3,(H,18,24). The van der Waals surface area contributed by atoms with Gasteiger partial charge in [0.25, 0.3) is 0 Å². The fraction of sp³-hybridized carbons (Fsp3) is 0.588. The number of aromatic nitrogens is 3. The first-order valence-corrected chi connectivity index (χ1v) is 10.6. The molecule has 2 aromatic heterocycles. The van der Waals surface area contributed by atoms with E-state index in [0.29, 0.717) is 18.2 Å². The molecule has 1 unspecified atom stereocenters. The van der Waals surface area contributed by atoms with E-state index in [1.54, 1.807) is 16.2 Å². The Morgan fingerprint density at radius 1 is 1.27 bits per heavy atom.